The van der Waals surface area contributed by atoms with E-state index in [1.807, 2.05) is 24.3 Å². The van der Waals surface area contributed by atoms with E-state index >= 15 is 0 Å². The lowest BCUT2D eigenvalue weighted by Crippen LogP contribution is -2.43. The molecule has 1 atom stereocenters. The molecule has 0 radical (unpaired) electrons. The standard InChI is InChI=1S/C23H20ClFN4O2/c24-17-10-14(7-8-18(17)25)11-26-23(30)15-4-3-9-29(12-15)22-21-20(27-13-28-22)16-5-1-2-6-19(16)31-21/h1-2,5-8,10,13,15H,3-4,9,11-12H2,(H,26,30)/t15-/m1/s1. The Kier molecular flexibility index (Phi) is 5.19. The molecule has 0 spiro atoms. The molecule has 3 heterocycles. The molecule has 31 heavy (non-hydrogen) atoms. The van der Waals surface area contributed by atoms with Gasteiger partial charge in [0.15, 0.2) is 11.4 Å². The second kappa shape index (κ2) is 8.15. The van der Waals surface area contributed by atoms with Crippen molar-refractivity contribution < 1.29 is 13.6 Å². The smallest absolute Gasteiger partial charge is 0.225 e. The molecular formula is C23H20ClFN4O2. The summed E-state index contributed by atoms with van der Waals surface area (Å²) < 4.78 is 19.4. The third-order valence-corrected chi connectivity index (χ3v) is 5.97. The maximum atomic E-state index is 13.3. The number of para-hydroxylation sites is 1. The van der Waals surface area contributed by atoms with Gasteiger partial charge in [0.2, 0.25) is 5.91 Å². The van der Waals surface area contributed by atoms with Crippen LogP contribution in [0, 0.1) is 11.7 Å². The number of halogens is 2. The molecule has 0 bridgehead atoms. The van der Waals surface area contributed by atoms with E-state index in [1.165, 1.54) is 12.1 Å². The molecule has 1 saturated heterocycles. The van der Waals surface area contributed by atoms with Crippen LogP contribution in [0.5, 0.6) is 0 Å². The molecular weight excluding hydrogens is 419 g/mol. The van der Waals surface area contributed by atoms with Gasteiger partial charge in [-0.2, -0.15) is 0 Å². The fraction of sp³-hybridized carbons (Fsp3) is 0.261. The number of aromatic nitrogens is 2. The summed E-state index contributed by atoms with van der Waals surface area (Å²) in [5.41, 5.74) is 2.95. The van der Waals surface area contributed by atoms with Crippen LogP contribution in [0.15, 0.2) is 53.2 Å². The van der Waals surface area contributed by atoms with Gasteiger partial charge in [-0.05, 0) is 42.7 Å². The topological polar surface area (TPSA) is 71.3 Å². The number of nitrogens with zero attached hydrogens (tertiary/aromatic N) is 3. The Morgan fingerprint density at radius 3 is 3.00 bits per heavy atom. The van der Waals surface area contributed by atoms with Crippen molar-refractivity contribution in [1.29, 1.82) is 0 Å². The van der Waals surface area contributed by atoms with Crippen LogP contribution >= 0.6 is 11.6 Å². The minimum Gasteiger partial charge on any atom is -0.450 e. The average molecular weight is 439 g/mol. The predicted molar refractivity (Wildman–Crippen MR) is 118 cm³/mol. The van der Waals surface area contributed by atoms with Gasteiger partial charge in [-0.3, -0.25) is 4.79 Å². The minimum atomic E-state index is -0.471. The summed E-state index contributed by atoms with van der Waals surface area (Å²) in [4.78, 5) is 23.8. The van der Waals surface area contributed by atoms with Crippen LogP contribution in [0.1, 0.15) is 18.4 Å². The summed E-state index contributed by atoms with van der Waals surface area (Å²) in [6.07, 6.45) is 3.20. The van der Waals surface area contributed by atoms with Crippen molar-refractivity contribution in [2.24, 2.45) is 5.92 Å². The fourth-order valence-corrected chi connectivity index (χ4v) is 4.31. The van der Waals surface area contributed by atoms with E-state index in [9.17, 15) is 9.18 Å². The Bertz CT molecular complexity index is 1280. The van der Waals surface area contributed by atoms with Crippen LogP contribution in [0.25, 0.3) is 22.1 Å². The van der Waals surface area contributed by atoms with E-state index in [0.29, 0.717) is 24.5 Å². The number of carbonyl (C=O) groups is 1. The van der Waals surface area contributed by atoms with Crippen molar-refractivity contribution in [1.82, 2.24) is 15.3 Å². The Balaban J connectivity index is 1.33. The lowest BCUT2D eigenvalue weighted by atomic mass is 9.97. The summed E-state index contributed by atoms with van der Waals surface area (Å²) in [5, 5.41) is 3.94. The van der Waals surface area contributed by atoms with Gasteiger partial charge < -0.3 is 14.6 Å². The Hall–Kier alpha value is -3.19. The maximum absolute atomic E-state index is 13.3. The van der Waals surface area contributed by atoms with Gasteiger partial charge in [-0.1, -0.05) is 29.8 Å². The second-order valence-corrected chi connectivity index (χ2v) is 8.13. The Morgan fingerprint density at radius 2 is 2.13 bits per heavy atom. The highest BCUT2D eigenvalue weighted by molar-refractivity contribution is 6.30. The molecule has 1 aliphatic rings. The van der Waals surface area contributed by atoms with Crippen LogP contribution in [0.2, 0.25) is 5.02 Å². The molecule has 0 aliphatic carbocycles. The number of benzene rings is 2. The van der Waals surface area contributed by atoms with Gasteiger partial charge in [0.1, 0.15) is 23.2 Å². The molecule has 1 aliphatic heterocycles. The SMILES string of the molecule is O=C(NCc1ccc(F)c(Cl)c1)[C@@H]1CCCN(c2ncnc3c2oc2ccccc23)C1. The molecule has 158 valence electrons. The van der Waals surface area contributed by atoms with Crippen LogP contribution in [0.4, 0.5) is 10.2 Å². The molecule has 2 aromatic carbocycles. The van der Waals surface area contributed by atoms with Crippen LogP contribution in [-0.2, 0) is 11.3 Å². The molecule has 1 N–H and O–H groups in total. The first-order valence-corrected chi connectivity index (χ1v) is 10.6. The second-order valence-electron chi connectivity index (χ2n) is 7.72. The zero-order valence-electron chi connectivity index (χ0n) is 16.6. The molecule has 1 fully saturated rings. The van der Waals surface area contributed by atoms with E-state index in [0.717, 1.165) is 41.4 Å². The first-order chi connectivity index (χ1) is 15.1. The highest BCUT2D eigenvalue weighted by atomic mass is 35.5. The number of anilines is 1. The summed E-state index contributed by atoms with van der Waals surface area (Å²) in [5.74, 6) is 0.0181. The van der Waals surface area contributed by atoms with Gasteiger partial charge in [0.05, 0.1) is 10.9 Å². The Morgan fingerprint density at radius 1 is 1.26 bits per heavy atom. The van der Waals surface area contributed by atoms with Crippen molar-refractivity contribution >= 4 is 45.4 Å². The molecule has 8 heteroatoms. The number of rotatable bonds is 4. The van der Waals surface area contributed by atoms with E-state index < -0.39 is 5.82 Å². The van der Waals surface area contributed by atoms with Crippen molar-refractivity contribution in [3.05, 3.63) is 65.2 Å². The molecule has 4 aromatic rings. The summed E-state index contributed by atoms with van der Waals surface area (Å²) in [6, 6.07) is 12.2. The number of furan rings is 1. The fourth-order valence-electron chi connectivity index (χ4n) is 4.10. The zero-order valence-corrected chi connectivity index (χ0v) is 17.4. The number of hydrogen-bond acceptors (Lipinski definition) is 5. The van der Waals surface area contributed by atoms with Gasteiger partial charge in [-0.25, -0.2) is 14.4 Å². The molecule has 6 nitrogen and oxygen atoms in total. The maximum Gasteiger partial charge on any atom is 0.225 e. The third-order valence-electron chi connectivity index (χ3n) is 5.68. The van der Waals surface area contributed by atoms with E-state index in [4.69, 9.17) is 16.0 Å². The molecule has 0 saturated carbocycles. The highest BCUT2D eigenvalue weighted by Crippen LogP contribution is 2.33. The number of nitrogens with one attached hydrogen (secondary N) is 1. The average Bonchev–Trinajstić information content (AvgIpc) is 3.18. The van der Waals surface area contributed by atoms with E-state index in [2.05, 4.69) is 20.2 Å². The molecule has 0 unspecified atom stereocenters. The number of amides is 1. The van der Waals surface area contributed by atoms with Gasteiger partial charge in [0, 0.05) is 25.0 Å². The quantitative estimate of drug-likeness (QED) is 0.500. The van der Waals surface area contributed by atoms with Crippen LogP contribution in [0.3, 0.4) is 0 Å². The van der Waals surface area contributed by atoms with E-state index in [1.54, 1.807) is 12.4 Å². The first kappa shape index (κ1) is 19.8. The third kappa shape index (κ3) is 3.81. The zero-order chi connectivity index (χ0) is 21.4. The molecule has 2 aromatic heterocycles. The lowest BCUT2D eigenvalue weighted by molar-refractivity contribution is -0.125. The summed E-state index contributed by atoms with van der Waals surface area (Å²) in [7, 11) is 0. The van der Waals surface area contributed by atoms with Crippen LogP contribution in [-0.4, -0.2) is 29.0 Å². The largest absolute Gasteiger partial charge is 0.450 e. The Labute approximate surface area is 183 Å². The van der Waals surface area contributed by atoms with Crippen molar-refractivity contribution in [3.63, 3.8) is 0 Å². The number of carbonyl (C=O) groups excluding carboxylic acids is 1. The molecule has 1 amide bonds. The minimum absolute atomic E-state index is 0.0416. The van der Waals surface area contributed by atoms with Crippen LogP contribution < -0.4 is 10.2 Å². The summed E-state index contributed by atoms with van der Waals surface area (Å²) in [6.45, 7) is 1.64. The van der Waals surface area contributed by atoms with Gasteiger partial charge in [-0.15, -0.1) is 0 Å². The van der Waals surface area contributed by atoms with Crippen molar-refractivity contribution in [2.75, 3.05) is 18.0 Å². The normalized spacial score (nSPS) is 16.7. The predicted octanol–water partition coefficient (Wildman–Crippen LogP) is 4.70. The summed E-state index contributed by atoms with van der Waals surface area (Å²) >= 11 is 5.83. The van der Waals surface area contributed by atoms with Gasteiger partial charge in [0.25, 0.3) is 0 Å². The monoisotopic (exact) mass is 438 g/mol. The van der Waals surface area contributed by atoms with E-state index in [-0.39, 0.29) is 16.8 Å². The van der Waals surface area contributed by atoms with Crippen molar-refractivity contribution in [2.45, 2.75) is 19.4 Å². The van der Waals surface area contributed by atoms with Crippen molar-refractivity contribution in [3.8, 4) is 0 Å². The first-order valence-electron chi connectivity index (χ1n) is 10.2. The number of piperidine rings is 1. The number of hydrogen-bond donors (Lipinski definition) is 1. The highest BCUT2D eigenvalue weighted by Gasteiger charge is 2.28. The molecule has 5 rings (SSSR count). The lowest BCUT2D eigenvalue weighted by Gasteiger charge is -2.32. The number of fused-ring (bicyclic) bond motifs is 3. The van der Waals surface area contributed by atoms with Gasteiger partial charge >= 0.3 is 0 Å².